The van der Waals surface area contributed by atoms with Crippen molar-refractivity contribution in [2.24, 2.45) is 5.92 Å². The van der Waals surface area contributed by atoms with Crippen molar-refractivity contribution in [2.75, 3.05) is 32.1 Å². The number of halogens is 1. The molecule has 0 saturated carbocycles. The largest absolute Gasteiger partial charge is 0.342 e. The van der Waals surface area contributed by atoms with Gasteiger partial charge in [-0.25, -0.2) is 4.39 Å². The molecule has 2 aromatic carbocycles. The molecule has 180 valence electrons. The molecule has 1 unspecified atom stereocenters. The molecule has 1 aliphatic heterocycles. The van der Waals surface area contributed by atoms with E-state index < -0.39 is 0 Å². The topological polar surface area (TPSA) is 36.4 Å². The molecule has 0 N–H and O–H groups in total. The van der Waals surface area contributed by atoms with Gasteiger partial charge in [-0.05, 0) is 79.9 Å². The lowest BCUT2D eigenvalue weighted by Gasteiger charge is -2.40. The van der Waals surface area contributed by atoms with E-state index in [2.05, 4.69) is 34.1 Å². The fourth-order valence-corrected chi connectivity index (χ4v) is 5.44. The average molecular weight is 480 g/mol. The van der Waals surface area contributed by atoms with Gasteiger partial charge in [0, 0.05) is 43.4 Å². The van der Waals surface area contributed by atoms with Crippen LogP contribution in [0.15, 0.2) is 60.8 Å². The second kappa shape index (κ2) is 11.8. The van der Waals surface area contributed by atoms with Crippen LogP contribution in [0.1, 0.15) is 30.4 Å². The quantitative estimate of drug-likeness (QED) is 0.411. The van der Waals surface area contributed by atoms with Crippen LogP contribution in [-0.4, -0.2) is 58.9 Å². The third-order valence-corrected chi connectivity index (χ3v) is 7.69. The van der Waals surface area contributed by atoms with Crippen molar-refractivity contribution >= 4 is 28.6 Å². The van der Waals surface area contributed by atoms with Gasteiger partial charge in [-0.15, -0.1) is 0 Å². The van der Waals surface area contributed by atoms with Crippen molar-refractivity contribution in [3.63, 3.8) is 0 Å². The Morgan fingerprint density at radius 3 is 2.62 bits per heavy atom. The van der Waals surface area contributed by atoms with E-state index >= 15 is 0 Å². The Kier molecular flexibility index (Phi) is 8.57. The van der Waals surface area contributed by atoms with Gasteiger partial charge in [-0.2, -0.15) is 11.8 Å². The molecule has 1 fully saturated rings. The van der Waals surface area contributed by atoms with Crippen LogP contribution in [0, 0.1) is 11.7 Å². The lowest BCUT2D eigenvalue weighted by molar-refractivity contribution is -0.133. The van der Waals surface area contributed by atoms with Crippen molar-refractivity contribution in [3.8, 4) is 0 Å². The first-order chi connectivity index (χ1) is 16.5. The molecule has 1 aromatic heterocycles. The number of benzene rings is 2. The summed E-state index contributed by atoms with van der Waals surface area (Å²) in [6, 6.07) is 17.3. The van der Waals surface area contributed by atoms with Crippen LogP contribution in [0.3, 0.4) is 0 Å². The second-order valence-corrected chi connectivity index (χ2v) is 10.2. The molecular weight excluding hydrogens is 445 g/mol. The Morgan fingerprint density at radius 1 is 1.15 bits per heavy atom. The Morgan fingerprint density at radius 2 is 1.88 bits per heavy atom. The van der Waals surface area contributed by atoms with E-state index in [1.165, 1.54) is 23.1 Å². The Hall–Kier alpha value is -2.44. The van der Waals surface area contributed by atoms with Gasteiger partial charge in [0.15, 0.2) is 0 Å². The minimum absolute atomic E-state index is 0.128. The summed E-state index contributed by atoms with van der Waals surface area (Å²) in [7, 11) is 1.95. The maximum Gasteiger partial charge on any atom is 0.223 e. The van der Waals surface area contributed by atoms with E-state index in [9.17, 15) is 9.18 Å². The number of carbonyl (C=O) groups is 1. The van der Waals surface area contributed by atoms with Crippen molar-refractivity contribution in [2.45, 2.75) is 38.3 Å². The van der Waals surface area contributed by atoms with Crippen molar-refractivity contribution in [3.05, 3.63) is 77.7 Å². The number of fused-ring (bicyclic) bond motifs is 1. The van der Waals surface area contributed by atoms with E-state index in [0.29, 0.717) is 12.3 Å². The highest BCUT2D eigenvalue weighted by atomic mass is 32.2. The van der Waals surface area contributed by atoms with Crippen LogP contribution in [0.5, 0.6) is 0 Å². The maximum atomic E-state index is 13.4. The third kappa shape index (κ3) is 6.16. The van der Waals surface area contributed by atoms with Gasteiger partial charge in [0.05, 0.1) is 5.52 Å². The molecule has 34 heavy (non-hydrogen) atoms. The van der Waals surface area contributed by atoms with Gasteiger partial charge in [0.1, 0.15) is 5.82 Å². The Bertz CT molecular complexity index is 1080. The molecular formula is C28H34FN3OS. The number of aromatic nitrogens is 1. The van der Waals surface area contributed by atoms with Gasteiger partial charge in [0.2, 0.25) is 5.91 Å². The first-order valence-corrected chi connectivity index (χ1v) is 13.5. The van der Waals surface area contributed by atoms with Crippen molar-refractivity contribution in [1.82, 2.24) is 14.8 Å². The van der Waals surface area contributed by atoms with E-state index in [1.54, 1.807) is 11.8 Å². The fraction of sp³-hybridized carbons (Fsp3) is 0.429. The highest BCUT2D eigenvalue weighted by Crippen LogP contribution is 2.28. The zero-order chi connectivity index (χ0) is 23.9. The Balaban J connectivity index is 1.44. The molecule has 1 aliphatic rings. The number of thioether (sulfide) groups is 1. The predicted octanol–water partition coefficient (Wildman–Crippen LogP) is 5.41. The summed E-state index contributed by atoms with van der Waals surface area (Å²) in [6.45, 7) is 2.93. The number of amides is 1. The number of hydrogen-bond acceptors (Lipinski definition) is 4. The van der Waals surface area contributed by atoms with Crippen LogP contribution in [0.4, 0.5) is 4.39 Å². The van der Waals surface area contributed by atoms with Gasteiger partial charge in [0.25, 0.3) is 0 Å². The molecule has 1 saturated heterocycles. The average Bonchev–Trinajstić information content (AvgIpc) is 2.87. The molecule has 4 nitrogen and oxygen atoms in total. The van der Waals surface area contributed by atoms with Crippen LogP contribution in [0.2, 0.25) is 0 Å². The van der Waals surface area contributed by atoms with Gasteiger partial charge in [-0.1, -0.05) is 30.3 Å². The molecule has 1 atom stereocenters. The van der Waals surface area contributed by atoms with Gasteiger partial charge >= 0.3 is 0 Å². The van der Waals surface area contributed by atoms with E-state index in [-0.39, 0.29) is 17.8 Å². The summed E-state index contributed by atoms with van der Waals surface area (Å²) in [5.41, 5.74) is 3.44. The van der Waals surface area contributed by atoms with E-state index in [1.807, 2.05) is 42.6 Å². The molecule has 2 heterocycles. The van der Waals surface area contributed by atoms with E-state index in [4.69, 9.17) is 0 Å². The lowest BCUT2D eigenvalue weighted by Crippen LogP contribution is -2.47. The second-order valence-electron chi connectivity index (χ2n) is 9.25. The van der Waals surface area contributed by atoms with Crippen LogP contribution < -0.4 is 0 Å². The minimum Gasteiger partial charge on any atom is -0.342 e. The number of pyridine rings is 1. The summed E-state index contributed by atoms with van der Waals surface area (Å²) in [4.78, 5) is 21.9. The lowest BCUT2D eigenvalue weighted by atomic mass is 9.84. The summed E-state index contributed by atoms with van der Waals surface area (Å²) in [6.07, 6.45) is 7.36. The number of rotatable bonds is 9. The zero-order valence-electron chi connectivity index (χ0n) is 20.1. The summed E-state index contributed by atoms with van der Waals surface area (Å²) >= 11 is 1.70. The number of likely N-dealkylation sites (N-methyl/N-ethyl adjacent to an activating group) is 1. The number of hydrogen-bond donors (Lipinski definition) is 0. The molecule has 0 spiro atoms. The number of piperidine rings is 1. The molecule has 6 heteroatoms. The summed E-state index contributed by atoms with van der Waals surface area (Å²) < 4.78 is 13.4. The smallest absolute Gasteiger partial charge is 0.223 e. The zero-order valence-corrected chi connectivity index (χ0v) is 20.9. The number of nitrogens with zero attached hydrogens (tertiary/aromatic N) is 3. The first-order valence-electron chi connectivity index (χ1n) is 12.1. The molecule has 0 radical (unpaired) electrons. The molecule has 3 aromatic rings. The maximum absolute atomic E-state index is 13.4. The summed E-state index contributed by atoms with van der Waals surface area (Å²) in [5.74, 6) is 1.25. The molecule has 1 amide bonds. The minimum atomic E-state index is -0.221. The third-order valence-electron chi connectivity index (χ3n) is 7.08. The number of para-hydroxylation sites is 1. The van der Waals surface area contributed by atoms with Crippen LogP contribution in [0.25, 0.3) is 10.9 Å². The van der Waals surface area contributed by atoms with Gasteiger partial charge in [-0.3, -0.25) is 14.7 Å². The standard InChI is InChI=1S/C28H34FN3OS/c1-31(28(33)14-18-34-2)27(19-21-7-9-24(29)10-8-21)22-12-16-32(17-13-22)20-23-11-15-30-26-6-4-3-5-25(23)26/h3-11,15,22,27H,12-14,16-20H2,1-2H3. The van der Waals surface area contributed by atoms with Crippen molar-refractivity contribution < 1.29 is 9.18 Å². The highest BCUT2D eigenvalue weighted by molar-refractivity contribution is 7.98. The summed E-state index contributed by atoms with van der Waals surface area (Å²) in [5, 5.41) is 1.22. The predicted molar refractivity (Wildman–Crippen MR) is 139 cm³/mol. The van der Waals surface area contributed by atoms with Gasteiger partial charge < -0.3 is 4.90 Å². The van der Waals surface area contributed by atoms with Crippen LogP contribution >= 0.6 is 11.8 Å². The SMILES string of the molecule is CSCCC(=O)N(C)C(Cc1ccc(F)cc1)C1CCN(Cc2ccnc3ccccc23)CC1. The van der Waals surface area contributed by atoms with Crippen LogP contribution in [-0.2, 0) is 17.8 Å². The van der Waals surface area contributed by atoms with Crippen molar-refractivity contribution in [1.29, 1.82) is 0 Å². The monoisotopic (exact) mass is 479 g/mol. The molecule has 0 bridgehead atoms. The van der Waals surface area contributed by atoms with E-state index in [0.717, 1.165) is 55.7 Å². The fourth-order valence-electron chi connectivity index (χ4n) is 5.06. The molecule has 0 aliphatic carbocycles. The first kappa shape index (κ1) is 24.7. The highest BCUT2D eigenvalue weighted by Gasteiger charge is 2.31. The number of likely N-dealkylation sites (tertiary alicyclic amines) is 1. The normalized spacial score (nSPS) is 16.0. The Labute approximate surface area is 206 Å². The number of carbonyl (C=O) groups excluding carboxylic acids is 1. The molecule has 4 rings (SSSR count).